The minimum absolute atomic E-state index is 0.0401. The smallest absolute Gasteiger partial charge is 0.356 e. The van der Waals surface area contributed by atoms with Gasteiger partial charge in [-0.1, -0.05) is 6.92 Å². The van der Waals surface area contributed by atoms with E-state index in [9.17, 15) is 9.59 Å². The fourth-order valence-corrected chi connectivity index (χ4v) is 1.19. The van der Waals surface area contributed by atoms with Crippen LogP contribution in [0.5, 0.6) is 0 Å². The lowest BCUT2D eigenvalue weighted by atomic mass is 10.0. The number of aliphatic carboxylic acids is 1. The van der Waals surface area contributed by atoms with E-state index in [0.29, 0.717) is 12.1 Å². The van der Waals surface area contributed by atoms with Crippen molar-refractivity contribution in [3.8, 4) is 0 Å². The number of hydrogen-bond acceptors (Lipinski definition) is 3. The molecule has 0 bridgehead atoms. The van der Waals surface area contributed by atoms with Crippen molar-refractivity contribution in [3.05, 3.63) is 17.5 Å². The molecule has 1 unspecified atom stereocenters. The molecule has 0 saturated carbocycles. The van der Waals surface area contributed by atoms with E-state index >= 15 is 0 Å². The maximum absolute atomic E-state index is 10.5. The lowest BCUT2D eigenvalue weighted by molar-refractivity contribution is -0.137. The van der Waals surface area contributed by atoms with E-state index in [2.05, 4.69) is 10.2 Å². The molecule has 0 aromatic carbocycles. The third kappa shape index (κ3) is 3.08. The van der Waals surface area contributed by atoms with Crippen LogP contribution in [0, 0.1) is 0 Å². The molecule has 1 aromatic heterocycles. The summed E-state index contributed by atoms with van der Waals surface area (Å²) in [6.45, 7) is 1.82. The Labute approximate surface area is 85.9 Å². The maximum Gasteiger partial charge on any atom is 0.356 e. The van der Waals surface area contributed by atoms with E-state index in [4.69, 9.17) is 10.2 Å². The molecular weight excluding hydrogens is 200 g/mol. The predicted octanol–water partition coefficient (Wildman–Crippen LogP) is 1.08. The first-order valence-electron chi connectivity index (χ1n) is 4.51. The van der Waals surface area contributed by atoms with Crippen LogP contribution in [0.25, 0.3) is 0 Å². The Bertz CT molecular complexity index is 372. The van der Waals surface area contributed by atoms with Crippen molar-refractivity contribution in [3.63, 3.8) is 0 Å². The van der Waals surface area contributed by atoms with Gasteiger partial charge in [0.05, 0.1) is 0 Å². The molecule has 0 aliphatic heterocycles. The Kier molecular flexibility index (Phi) is 3.43. The van der Waals surface area contributed by atoms with E-state index in [1.54, 1.807) is 0 Å². The quantitative estimate of drug-likeness (QED) is 0.677. The number of carboxylic acid groups (broad SMARTS) is 2. The Morgan fingerprint density at radius 2 is 2.20 bits per heavy atom. The van der Waals surface area contributed by atoms with Crippen LogP contribution in [0.3, 0.4) is 0 Å². The van der Waals surface area contributed by atoms with Gasteiger partial charge in [0.1, 0.15) is 0 Å². The van der Waals surface area contributed by atoms with Crippen molar-refractivity contribution in [2.45, 2.75) is 25.7 Å². The van der Waals surface area contributed by atoms with Crippen LogP contribution in [-0.2, 0) is 4.79 Å². The highest BCUT2D eigenvalue weighted by atomic mass is 16.4. The van der Waals surface area contributed by atoms with Gasteiger partial charge in [-0.3, -0.25) is 9.89 Å². The number of carboxylic acids is 2. The van der Waals surface area contributed by atoms with Gasteiger partial charge >= 0.3 is 11.9 Å². The molecule has 0 radical (unpaired) electrons. The number of nitrogens with zero attached hydrogens (tertiary/aromatic N) is 1. The Morgan fingerprint density at radius 3 is 2.67 bits per heavy atom. The molecule has 0 fully saturated rings. The number of rotatable bonds is 5. The van der Waals surface area contributed by atoms with Crippen LogP contribution < -0.4 is 0 Å². The third-order valence-electron chi connectivity index (χ3n) is 2.14. The molecule has 1 heterocycles. The van der Waals surface area contributed by atoms with Gasteiger partial charge < -0.3 is 10.2 Å². The number of carbonyl (C=O) groups is 2. The van der Waals surface area contributed by atoms with Crippen LogP contribution in [-0.4, -0.2) is 32.3 Å². The second-order valence-electron chi connectivity index (χ2n) is 3.35. The van der Waals surface area contributed by atoms with Gasteiger partial charge in [0, 0.05) is 12.1 Å². The zero-order chi connectivity index (χ0) is 11.4. The molecule has 3 N–H and O–H groups in total. The summed E-state index contributed by atoms with van der Waals surface area (Å²) in [6.07, 6.45) is 0.513. The highest BCUT2D eigenvalue weighted by Crippen LogP contribution is 2.18. The van der Waals surface area contributed by atoms with Crippen molar-refractivity contribution in [1.82, 2.24) is 10.2 Å². The first-order chi connectivity index (χ1) is 7.00. The minimum atomic E-state index is -1.09. The van der Waals surface area contributed by atoms with Crippen LogP contribution in [0.1, 0.15) is 41.9 Å². The topological polar surface area (TPSA) is 103 Å². The molecule has 1 aromatic rings. The summed E-state index contributed by atoms with van der Waals surface area (Å²) in [5.41, 5.74) is 0.598. The first-order valence-corrected chi connectivity index (χ1v) is 4.51. The zero-order valence-electron chi connectivity index (χ0n) is 8.23. The third-order valence-corrected chi connectivity index (χ3v) is 2.14. The molecule has 0 aliphatic rings. The molecule has 1 rings (SSSR count). The lowest BCUT2D eigenvalue weighted by Gasteiger charge is -2.05. The van der Waals surface area contributed by atoms with Gasteiger partial charge in [0.2, 0.25) is 0 Å². The van der Waals surface area contributed by atoms with E-state index in [1.165, 1.54) is 6.07 Å². The molecule has 6 nitrogen and oxygen atoms in total. The van der Waals surface area contributed by atoms with Gasteiger partial charge in [-0.2, -0.15) is 5.10 Å². The van der Waals surface area contributed by atoms with Crippen LogP contribution in [0.15, 0.2) is 6.07 Å². The van der Waals surface area contributed by atoms with E-state index in [0.717, 1.165) is 0 Å². The number of aromatic amines is 1. The van der Waals surface area contributed by atoms with Crippen molar-refractivity contribution in [2.75, 3.05) is 0 Å². The van der Waals surface area contributed by atoms with Crippen LogP contribution in [0.2, 0.25) is 0 Å². The molecule has 82 valence electrons. The molecule has 1 atom stereocenters. The van der Waals surface area contributed by atoms with Crippen LogP contribution in [0.4, 0.5) is 0 Å². The SMILES string of the molecule is CC(CCC(=O)O)c1cc(C(=O)O)n[nH]1. The fourth-order valence-electron chi connectivity index (χ4n) is 1.19. The normalized spacial score (nSPS) is 12.3. The summed E-state index contributed by atoms with van der Waals surface area (Å²) in [7, 11) is 0. The van der Waals surface area contributed by atoms with Gasteiger partial charge in [-0.25, -0.2) is 4.79 Å². The largest absolute Gasteiger partial charge is 0.481 e. The number of aromatic carboxylic acids is 1. The number of aromatic nitrogens is 2. The number of nitrogens with one attached hydrogen (secondary N) is 1. The average molecular weight is 212 g/mol. The Balaban J connectivity index is 2.61. The molecule has 0 spiro atoms. The summed E-state index contributed by atoms with van der Waals surface area (Å²) in [4.78, 5) is 20.9. The van der Waals surface area contributed by atoms with E-state index in [1.807, 2.05) is 6.92 Å². The average Bonchev–Trinajstić information content (AvgIpc) is 2.62. The van der Waals surface area contributed by atoms with Crippen molar-refractivity contribution >= 4 is 11.9 Å². The molecular formula is C9H12N2O4. The van der Waals surface area contributed by atoms with Gasteiger partial charge in [-0.15, -0.1) is 0 Å². The Morgan fingerprint density at radius 1 is 1.53 bits per heavy atom. The van der Waals surface area contributed by atoms with Gasteiger partial charge in [-0.05, 0) is 18.4 Å². The Hall–Kier alpha value is -1.85. The van der Waals surface area contributed by atoms with Crippen molar-refractivity contribution in [1.29, 1.82) is 0 Å². The van der Waals surface area contributed by atoms with Gasteiger partial charge in [0.25, 0.3) is 0 Å². The molecule has 6 heteroatoms. The molecule has 15 heavy (non-hydrogen) atoms. The minimum Gasteiger partial charge on any atom is -0.481 e. The van der Waals surface area contributed by atoms with Crippen molar-refractivity contribution in [2.24, 2.45) is 0 Å². The predicted molar refractivity (Wildman–Crippen MR) is 50.8 cm³/mol. The second kappa shape index (κ2) is 4.59. The highest BCUT2D eigenvalue weighted by molar-refractivity contribution is 5.85. The fraction of sp³-hybridized carbons (Fsp3) is 0.444. The second-order valence-corrected chi connectivity index (χ2v) is 3.35. The summed E-state index contributed by atoms with van der Waals surface area (Å²) in [6, 6.07) is 1.43. The molecule has 0 saturated heterocycles. The van der Waals surface area contributed by atoms with E-state index in [-0.39, 0.29) is 18.0 Å². The number of H-pyrrole nitrogens is 1. The summed E-state index contributed by atoms with van der Waals surface area (Å²) < 4.78 is 0. The summed E-state index contributed by atoms with van der Waals surface area (Å²) in [5.74, 6) is -2.00. The van der Waals surface area contributed by atoms with Crippen LogP contribution >= 0.6 is 0 Å². The summed E-state index contributed by atoms with van der Waals surface area (Å²) >= 11 is 0. The maximum atomic E-state index is 10.5. The van der Waals surface area contributed by atoms with E-state index < -0.39 is 11.9 Å². The zero-order valence-corrected chi connectivity index (χ0v) is 8.23. The van der Waals surface area contributed by atoms with Gasteiger partial charge in [0.15, 0.2) is 5.69 Å². The molecule has 0 amide bonds. The molecule has 0 aliphatic carbocycles. The monoisotopic (exact) mass is 212 g/mol. The standard InChI is InChI=1S/C9H12N2O4/c1-5(2-3-8(12)13)6-4-7(9(14)15)11-10-6/h4-5H,2-3H2,1H3,(H,10,11)(H,12,13)(H,14,15). The summed E-state index contributed by atoms with van der Waals surface area (Å²) in [5, 5.41) is 23.3. The number of hydrogen-bond donors (Lipinski definition) is 3. The van der Waals surface area contributed by atoms with Crippen molar-refractivity contribution < 1.29 is 19.8 Å². The highest BCUT2D eigenvalue weighted by Gasteiger charge is 2.13. The lowest BCUT2D eigenvalue weighted by Crippen LogP contribution is -2.00. The first kappa shape index (κ1) is 11.2.